The summed E-state index contributed by atoms with van der Waals surface area (Å²) in [6, 6.07) is 52.6. The zero-order valence-corrected chi connectivity index (χ0v) is 21.9. The van der Waals surface area contributed by atoms with Crippen LogP contribution in [-0.2, 0) is 0 Å². The Hall–Kier alpha value is -5.41. The van der Waals surface area contributed by atoms with Crippen LogP contribution in [0.4, 0.5) is 16.2 Å². The van der Waals surface area contributed by atoms with E-state index in [-0.39, 0.29) is 6.03 Å². The first kappa shape index (κ1) is 24.9. The van der Waals surface area contributed by atoms with E-state index in [0.717, 1.165) is 55.9 Å². The molecule has 0 unspecified atom stereocenters. The molecule has 0 saturated heterocycles. The maximum absolute atomic E-state index is 13.6. The molecule has 0 heterocycles. The topological polar surface area (TPSA) is 41.1 Å². The van der Waals surface area contributed by atoms with Gasteiger partial charge < -0.3 is 10.6 Å². The molecular formula is C37H28N2O. The first-order valence-corrected chi connectivity index (χ1v) is 13.3. The van der Waals surface area contributed by atoms with Gasteiger partial charge in [-0.15, -0.1) is 0 Å². The van der Waals surface area contributed by atoms with Gasteiger partial charge in [0.1, 0.15) is 0 Å². The predicted octanol–water partition coefficient (Wildman–Crippen LogP) is 10.00. The van der Waals surface area contributed by atoms with Gasteiger partial charge in [-0.2, -0.15) is 0 Å². The second-order valence-corrected chi connectivity index (χ2v) is 9.50. The van der Waals surface area contributed by atoms with Gasteiger partial charge in [0.25, 0.3) is 0 Å². The van der Waals surface area contributed by atoms with Gasteiger partial charge in [-0.3, -0.25) is 0 Å². The molecule has 0 aliphatic carbocycles. The molecule has 2 amide bonds. The van der Waals surface area contributed by atoms with Gasteiger partial charge in [-0.1, -0.05) is 146 Å². The van der Waals surface area contributed by atoms with Gasteiger partial charge in [-0.05, 0) is 45.5 Å². The average Bonchev–Trinajstić information content (AvgIpc) is 3.02. The Morgan fingerprint density at radius 3 is 1.02 bits per heavy atom. The van der Waals surface area contributed by atoms with E-state index in [9.17, 15) is 4.79 Å². The molecule has 2 N–H and O–H groups in total. The maximum atomic E-state index is 13.6. The van der Waals surface area contributed by atoms with E-state index in [0.29, 0.717) is 0 Å². The lowest BCUT2D eigenvalue weighted by Crippen LogP contribution is -2.20. The first-order chi connectivity index (χ1) is 19.8. The first-order valence-electron chi connectivity index (χ1n) is 13.3. The normalized spacial score (nSPS) is 10.6. The fraction of sp³-hybridized carbons (Fsp3) is 0. The summed E-state index contributed by atoms with van der Waals surface area (Å²) in [6.07, 6.45) is 0. The number of anilines is 2. The van der Waals surface area contributed by atoms with Crippen molar-refractivity contribution >= 4 is 17.4 Å². The second kappa shape index (κ2) is 11.5. The molecule has 0 aromatic heterocycles. The van der Waals surface area contributed by atoms with Crippen molar-refractivity contribution in [2.75, 3.05) is 10.6 Å². The van der Waals surface area contributed by atoms with Gasteiger partial charge in [0, 0.05) is 11.1 Å². The minimum Gasteiger partial charge on any atom is -0.307 e. The number of hydrogen-bond donors (Lipinski definition) is 2. The SMILES string of the molecule is O=C(Nc1cccc(-c2ccccc2)c1-c1ccccc1)Nc1cccc(-c2ccccc2)c1-c1ccccc1. The highest BCUT2D eigenvalue weighted by atomic mass is 16.2. The van der Waals surface area contributed by atoms with Crippen molar-refractivity contribution in [1.29, 1.82) is 0 Å². The molecule has 6 rings (SSSR count). The van der Waals surface area contributed by atoms with Crippen molar-refractivity contribution in [1.82, 2.24) is 0 Å². The van der Waals surface area contributed by atoms with E-state index in [2.05, 4.69) is 71.3 Å². The van der Waals surface area contributed by atoms with Gasteiger partial charge in [0.2, 0.25) is 0 Å². The van der Waals surface area contributed by atoms with E-state index in [1.807, 2.05) is 97.1 Å². The number of urea groups is 1. The molecule has 0 spiro atoms. The highest BCUT2D eigenvalue weighted by Gasteiger charge is 2.17. The molecule has 40 heavy (non-hydrogen) atoms. The lowest BCUT2D eigenvalue weighted by atomic mass is 9.92. The zero-order chi connectivity index (χ0) is 27.1. The molecule has 0 bridgehead atoms. The molecule has 0 aliphatic heterocycles. The quantitative estimate of drug-likeness (QED) is 0.227. The molecule has 0 radical (unpaired) electrons. The van der Waals surface area contributed by atoms with Crippen LogP contribution in [0.25, 0.3) is 44.5 Å². The third-order valence-corrected chi connectivity index (χ3v) is 6.92. The van der Waals surface area contributed by atoms with Crippen molar-refractivity contribution in [3.05, 3.63) is 158 Å². The Kier molecular flexibility index (Phi) is 7.19. The van der Waals surface area contributed by atoms with E-state index < -0.39 is 0 Å². The van der Waals surface area contributed by atoms with Crippen LogP contribution >= 0.6 is 0 Å². The number of carbonyl (C=O) groups excluding carboxylic acids is 1. The number of hydrogen-bond acceptors (Lipinski definition) is 1. The van der Waals surface area contributed by atoms with Crippen LogP contribution < -0.4 is 10.6 Å². The van der Waals surface area contributed by atoms with Crippen LogP contribution in [0.15, 0.2) is 158 Å². The zero-order valence-electron chi connectivity index (χ0n) is 21.9. The summed E-state index contributed by atoms with van der Waals surface area (Å²) in [5, 5.41) is 6.31. The molecule has 0 fully saturated rings. The van der Waals surface area contributed by atoms with E-state index >= 15 is 0 Å². The highest BCUT2D eigenvalue weighted by Crippen LogP contribution is 2.40. The summed E-state index contributed by atoms with van der Waals surface area (Å²) >= 11 is 0. The van der Waals surface area contributed by atoms with Crippen molar-refractivity contribution in [3.63, 3.8) is 0 Å². The number of rotatable bonds is 6. The third kappa shape index (κ3) is 5.27. The van der Waals surface area contributed by atoms with Gasteiger partial charge in [-0.25, -0.2) is 4.79 Å². The molecule has 6 aromatic rings. The fourth-order valence-electron chi connectivity index (χ4n) is 5.14. The van der Waals surface area contributed by atoms with Crippen LogP contribution in [0, 0.1) is 0 Å². The molecular weight excluding hydrogens is 488 g/mol. The molecule has 0 atom stereocenters. The smallest absolute Gasteiger partial charge is 0.307 e. The molecule has 3 nitrogen and oxygen atoms in total. The summed E-state index contributed by atoms with van der Waals surface area (Å²) < 4.78 is 0. The Morgan fingerprint density at radius 2 is 0.675 bits per heavy atom. The monoisotopic (exact) mass is 516 g/mol. The minimum atomic E-state index is -0.301. The third-order valence-electron chi connectivity index (χ3n) is 6.92. The number of benzene rings is 6. The lowest BCUT2D eigenvalue weighted by molar-refractivity contribution is 0.262. The van der Waals surface area contributed by atoms with Crippen LogP contribution in [0.5, 0.6) is 0 Å². The Labute approximate surface area is 234 Å². The van der Waals surface area contributed by atoms with Gasteiger partial charge in [0.15, 0.2) is 0 Å². The van der Waals surface area contributed by atoms with E-state index in [4.69, 9.17) is 0 Å². The van der Waals surface area contributed by atoms with Gasteiger partial charge >= 0.3 is 6.03 Å². The Morgan fingerprint density at radius 1 is 0.350 bits per heavy atom. The minimum absolute atomic E-state index is 0.301. The standard InChI is InChI=1S/C37H28N2O/c40-37(38-33-25-13-23-31(27-15-5-1-6-16-27)35(33)29-19-9-3-10-20-29)39-34-26-14-24-32(28-17-7-2-8-18-28)36(34)30-21-11-4-12-22-30/h1-26H,(H2,38,39,40). The van der Waals surface area contributed by atoms with Crippen LogP contribution in [-0.4, -0.2) is 6.03 Å². The summed E-state index contributed by atoms with van der Waals surface area (Å²) in [5.74, 6) is 0. The molecule has 192 valence electrons. The highest BCUT2D eigenvalue weighted by molar-refractivity contribution is 6.07. The molecule has 0 aliphatic rings. The summed E-state index contributed by atoms with van der Waals surface area (Å²) in [6.45, 7) is 0. The van der Waals surface area contributed by atoms with Gasteiger partial charge in [0.05, 0.1) is 11.4 Å². The average molecular weight is 517 g/mol. The number of nitrogens with one attached hydrogen (secondary N) is 2. The maximum Gasteiger partial charge on any atom is 0.323 e. The largest absolute Gasteiger partial charge is 0.323 e. The Balaban J connectivity index is 1.40. The number of amides is 2. The Bertz CT molecular complexity index is 1600. The predicted molar refractivity (Wildman–Crippen MR) is 167 cm³/mol. The van der Waals surface area contributed by atoms with Crippen molar-refractivity contribution in [2.24, 2.45) is 0 Å². The second-order valence-electron chi connectivity index (χ2n) is 9.50. The van der Waals surface area contributed by atoms with Crippen molar-refractivity contribution < 1.29 is 4.79 Å². The van der Waals surface area contributed by atoms with E-state index in [1.165, 1.54) is 0 Å². The molecule has 6 aromatic carbocycles. The fourth-order valence-corrected chi connectivity index (χ4v) is 5.14. The van der Waals surface area contributed by atoms with Crippen molar-refractivity contribution in [2.45, 2.75) is 0 Å². The summed E-state index contributed by atoms with van der Waals surface area (Å²) in [7, 11) is 0. The van der Waals surface area contributed by atoms with E-state index in [1.54, 1.807) is 0 Å². The number of carbonyl (C=O) groups is 1. The van der Waals surface area contributed by atoms with Crippen LogP contribution in [0.2, 0.25) is 0 Å². The summed E-state index contributed by atoms with van der Waals surface area (Å²) in [4.78, 5) is 13.6. The molecule has 0 saturated carbocycles. The lowest BCUT2D eigenvalue weighted by Gasteiger charge is -2.19. The van der Waals surface area contributed by atoms with Crippen LogP contribution in [0.3, 0.4) is 0 Å². The van der Waals surface area contributed by atoms with Crippen LogP contribution in [0.1, 0.15) is 0 Å². The molecule has 3 heteroatoms. The van der Waals surface area contributed by atoms with Crippen molar-refractivity contribution in [3.8, 4) is 44.5 Å². The summed E-state index contributed by atoms with van der Waals surface area (Å²) in [5.41, 5.74) is 9.80.